The molecule has 1 N–H and O–H groups in total. The van der Waals surface area contributed by atoms with E-state index in [-0.39, 0.29) is 18.0 Å². The van der Waals surface area contributed by atoms with Gasteiger partial charge in [0.2, 0.25) is 0 Å². The first kappa shape index (κ1) is 21.2. The molecule has 0 aromatic heterocycles. The van der Waals surface area contributed by atoms with E-state index < -0.39 is 5.60 Å². The summed E-state index contributed by atoms with van der Waals surface area (Å²) in [5.74, 6) is -0.293. The van der Waals surface area contributed by atoms with Crippen LogP contribution >= 0.6 is 0 Å². The second-order valence-electron chi connectivity index (χ2n) is 7.47. The Hall–Kier alpha value is -2.12. The second kappa shape index (κ2) is 9.71. The molecule has 0 aliphatic carbocycles. The molecule has 1 aromatic carbocycles. The lowest BCUT2D eigenvalue weighted by Crippen LogP contribution is -2.43. The van der Waals surface area contributed by atoms with Crippen LogP contribution in [0.4, 0.5) is 9.18 Å². The molecule has 1 aliphatic heterocycles. The fourth-order valence-electron chi connectivity index (χ4n) is 2.64. The van der Waals surface area contributed by atoms with Gasteiger partial charge in [-0.25, -0.2) is 9.18 Å². The van der Waals surface area contributed by atoms with Gasteiger partial charge in [-0.15, -0.1) is 0 Å². The number of carbonyl (C=O) groups is 1. The third-order valence-electron chi connectivity index (χ3n) is 4.02. The van der Waals surface area contributed by atoms with Gasteiger partial charge in [0.1, 0.15) is 11.4 Å². The van der Waals surface area contributed by atoms with Crippen LogP contribution < -0.4 is 5.48 Å². The molecule has 0 spiro atoms. The summed E-state index contributed by atoms with van der Waals surface area (Å²) in [6.45, 7) is 11.5. The van der Waals surface area contributed by atoms with E-state index in [0.717, 1.165) is 18.4 Å². The number of hydrogen-bond acceptors (Lipinski definition) is 5. The molecule has 0 saturated carbocycles. The van der Waals surface area contributed by atoms with E-state index in [4.69, 9.17) is 14.3 Å². The number of amides is 1. The van der Waals surface area contributed by atoms with Crippen molar-refractivity contribution in [3.05, 3.63) is 42.2 Å². The van der Waals surface area contributed by atoms with Gasteiger partial charge in [-0.1, -0.05) is 6.58 Å². The molecule has 1 aliphatic rings. The summed E-state index contributed by atoms with van der Waals surface area (Å²) in [7, 11) is 0. The average molecular weight is 380 g/mol. The zero-order valence-electron chi connectivity index (χ0n) is 16.3. The van der Waals surface area contributed by atoms with Crippen molar-refractivity contribution in [2.45, 2.75) is 45.3 Å². The molecule has 1 amide bonds. The lowest BCUT2D eigenvalue weighted by Gasteiger charge is -2.33. The summed E-state index contributed by atoms with van der Waals surface area (Å²) in [6.07, 6.45) is 1.38. The smallest absolute Gasteiger partial charge is 0.410 e. The van der Waals surface area contributed by atoms with Crippen LogP contribution in [0.5, 0.6) is 0 Å². The normalized spacial score (nSPS) is 15.5. The highest BCUT2D eigenvalue weighted by Crippen LogP contribution is 2.17. The number of ether oxygens (including phenoxy) is 2. The molecule has 0 radical (unpaired) electrons. The third kappa shape index (κ3) is 7.56. The first-order valence-corrected chi connectivity index (χ1v) is 9.17. The molecular weight excluding hydrogens is 351 g/mol. The number of nitrogens with one attached hydrogen (secondary N) is 1. The van der Waals surface area contributed by atoms with Crippen LogP contribution in [0.1, 0.15) is 39.2 Å². The topological polar surface area (TPSA) is 60.0 Å². The number of nitrogens with zero attached hydrogens (tertiary/aromatic N) is 1. The van der Waals surface area contributed by atoms with Crippen LogP contribution in [0.3, 0.4) is 0 Å². The van der Waals surface area contributed by atoms with Crippen LogP contribution in [0.15, 0.2) is 30.8 Å². The predicted octanol–water partition coefficient (Wildman–Crippen LogP) is 3.73. The fourth-order valence-corrected chi connectivity index (χ4v) is 2.64. The Morgan fingerprint density at radius 1 is 1.22 bits per heavy atom. The Bertz CT molecular complexity index is 620. The highest BCUT2D eigenvalue weighted by atomic mass is 19.1. The van der Waals surface area contributed by atoms with E-state index in [1.807, 2.05) is 20.8 Å². The Morgan fingerprint density at radius 3 is 2.44 bits per heavy atom. The fraction of sp³-hybridized carbons (Fsp3) is 0.550. The van der Waals surface area contributed by atoms with Gasteiger partial charge in [0.25, 0.3) is 0 Å². The SMILES string of the molecule is C=C(NOCCOC1CCN(C(=O)OC(C)(C)C)CC1)c1ccc(F)cc1. The summed E-state index contributed by atoms with van der Waals surface area (Å²) < 4.78 is 24.1. The van der Waals surface area contributed by atoms with Gasteiger partial charge in [-0.3, -0.25) is 10.3 Å². The van der Waals surface area contributed by atoms with Gasteiger partial charge in [0.15, 0.2) is 0 Å². The molecule has 1 saturated heterocycles. The first-order valence-electron chi connectivity index (χ1n) is 9.17. The number of hydrogen-bond donors (Lipinski definition) is 1. The second-order valence-corrected chi connectivity index (χ2v) is 7.47. The molecule has 27 heavy (non-hydrogen) atoms. The summed E-state index contributed by atoms with van der Waals surface area (Å²) in [6, 6.07) is 6.00. The monoisotopic (exact) mass is 380 g/mol. The molecule has 0 bridgehead atoms. The van der Waals surface area contributed by atoms with Gasteiger partial charge in [0, 0.05) is 13.1 Å². The highest BCUT2D eigenvalue weighted by Gasteiger charge is 2.27. The number of carbonyl (C=O) groups excluding carboxylic acids is 1. The minimum absolute atomic E-state index is 0.104. The number of benzene rings is 1. The van der Waals surface area contributed by atoms with Crippen molar-refractivity contribution < 1.29 is 23.5 Å². The zero-order chi connectivity index (χ0) is 19.9. The van der Waals surface area contributed by atoms with Crippen LogP contribution in [0.25, 0.3) is 5.70 Å². The Morgan fingerprint density at radius 2 is 1.85 bits per heavy atom. The van der Waals surface area contributed by atoms with Crippen LogP contribution in [-0.2, 0) is 14.3 Å². The maximum absolute atomic E-state index is 12.9. The molecule has 1 heterocycles. The number of piperidine rings is 1. The summed E-state index contributed by atoms with van der Waals surface area (Å²) in [5.41, 5.74) is 3.57. The summed E-state index contributed by atoms with van der Waals surface area (Å²) in [4.78, 5) is 19.1. The molecule has 1 fully saturated rings. The van der Waals surface area contributed by atoms with Gasteiger partial charge in [0.05, 0.1) is 25.0 Å². The van der Waals surface area contributed by atoms with Crippen LogP contribution in [0, 0.1) is 5.82 Å². The standard InChI is InChI=1S/C20H29FN2O4/c1-15(16-5-7-17(21)8-6-16)22-26-14-13-25-18-9-11-23(12-10-18)19(24)27-20(2,3)4/h5-8,18,22H,1,9-14H2,2-4H3. The average Bonchev–Trinajstić information content (AvgIpc) is 2.61. The highest BCUT2D eigenvalue weighted by molar-refractivity contribution is 5.68. The molecule has 150 valence electrons. The van der Waals surface area contributed by atoms with E-state index in [1.165, 1.54) is 12.1 Å². The molecule has 6 nitrogen and oxygen atoms in total. The molecule has 1 aromatic rings. The molecule has 0 atom stereocenters. The molecule has 7 heteroatoms. The van der Waals surface area contributed by atoms with Gasteiger partial charge in [-0.05, 0) is 63.4 Å². The van der Waals surface area contributed by atoms with Gasteiger partial charge in [-0.2, -0.15) is 0 Å². The first-order chi connectivity index (χ1) is 12.7. The molecule has 0 unspecified atom stereocenters. The molecule has 2 rings (SSSR count). The number of halogens is 1. The maximum Gasteiger partial charge on any atom is 0.410 e. The van der Waals surface area contributed by atoms with E-state index >= 15 is 0 Å². The zero-order valence-corrected chi connectivity index (χ0v) is 16.3. The lowest BCUT2D eigenvalue weighted by atomic mass is 10.1. The summed E-state index contributed by atoms with van der Waals surface area (Å²) in [5, 5.41) is 0. The minimum Gasteiger partial charge on any atom is -0.444 e. The quantitative estimate of drug-likeness (QED) is 0.577. The van der Waals surface area contributed by atoms with E-state index in [9.17, 15) is 9.18 Å². The van der Waals surface area contributed by atoms with Crippen molar-refractivity contribution in [3.8, 4) is 0 Å². The largest absolute Gasteiger partial charge is 0.444 e. The maximum atomic E-state index is 12.9. The number of hydroxylamine groups is 1. The Kier molecular flexibility index (Phi) is 7.62. The van der Waals surface area contributed by atoms with Crippen molar-refractivity contribution in [3.63, 3.8) is 0 Å². The van der Waals surface area contributed by atoms with E-state index in [1.54, 1.807) is 17.0 Å². The Labute approximate surface area is 160 Å². The van der Waals surface area contributed by atoms with Gasteiger partial charge >= 0.3 is 6.09 Å². The van der Waals surface area contributed by atoms with Crippen molar-refractivity contribution >= 4 is 11.8 Å². The molecular formula is C20H29FN2O4. The Balaban J connectivity index is 1.57. The minimum atomic E-state index is -0.479. The van der Waals surface area contributed by atoms with Gasteiger partial charge < -0.3 is 14.4 Å². The van der Waals surface area contributed by atoms with E-state index in [2.05, 4.69) is 12.1 Å². The van der Waals surface area contributed by atoms with Crippen LogP contribution in [0.2, 0.25) is 0 Å². The number of likely N-dealkylation sites (tertiary alicyclic amines) is 1. The van der Waals surface area contributed by atoms with Crippen LogP contribution in [-0.4, -0.2) is 49.0 Å². The van der Waals surface area contributed by atoms with Crippen molar-refractivity contribution in [2.75, 3.05) is 26.3 Å². The van der Waals surface area contributed by atoms with Crippen molar-refractivity contribution in [1.29, 1.82) is 0 Å². The third-order valence-corrected chi connectivity index (χ3v) is 4.02. The lowest BCUT2D eigenvalue weighted by molar-refractivity contribution is -0.0388. The summed E-state index contributed by atoms with van der Waals surface area (Å²) >= 11 is 0. The number of rotatable bonds is 7. The predicted molar refractivity (Wildman–Crippen MR) is 101 cm³/mol. The van der Waals surface area contributed by atoms with Crippen molar-refractivity contribution in [1.82, 2.24) is 10.4 Å². The van der Waals surface area contributed by atoms with Crippen molar-refractivity contribution in [2.24, 2.45) is 0 Å². The van der Waals surface area contributed by atoms with E-state index in [0.29, 0.717) is 32.0 Å².